The zero-order valence-electron chi connectivity index (χ0n) is 32.8. The Kier molecular flexibility index (Phi) is 7.24. The molecule has 13 rings (SSSR count). The summed E-state index contributed by atoms with van der Waals surface area (Å²) in [6.45, 7) is 0. The Labute approximate surface area is 350 Å². The van der Waals surface area contributed by atoms with E-state index in [1.807, 2.05) is 18.2 Å². The number of pyridine rings is 1. The molecule has 0 radical (unpaired) electrons. The molecule has 10 aromatic carbocycles. The van der Waals surface area contributed by atoms with Gasteiger partial charge < -0.3 is 4.74 Å². The first-order chi connectivity index (χ1) is 30.2. The number of rotatable bonds is 5. The Bertz CT molecular complexity index is 3870. The molecule has 0 bridgehead atoms. The summed E-state index contributed by atoms with van der Waals surface area (Å²) in [4.78, 5) is 5.60. The third-order valence-corrected chi connectivity index (χ3v) is 12.3. The maximum Gasteiger partial charge on any atom is 0.269 e. The number of fused-ring (bicyclic) bond motifs is 13. The van der Waals surface area contributed by atoms with Gasteiger partial charge in [0.2, 0.25) is 0 Å². The van der Waals surface area contributed by atoms with Crippen LogP contribution in [0.2, 0.25) is 0 Å². The molecule has 0 N–H and O–H groups in total. The molecule has 0 atom stereocenters. The Balaban J connectivity index is 1.02. The maximum atomic E-state index is 6.78. The van der Waals surface area contributed by atoms with Crippen molar-refractivity contribution in [3.8, 4) is 28.7 Å². The average molecular weight is 779 g/mol. The molecule has 0 unspecified atom stereocenters. The largest absolute Gasteiger partial charge is 0.458 e. The number of hydrogen-bond donors (Lipinski definition) is 0. The Morgan fingerprint density at radius 1 is 0.426 bits per heavy atom. The molecule has 3 heterocycles. The fourth-order valence-corrected chi connectivity index (χ4v) is 9.59. The summed E-state index contributed by atoms with van der Waals surface area (Å²) in [5.41, 5.74) is 7.20. The molecular weight excluding hydrogens is 745 g/mol. The summed E-state index contributed by atoms with van der Waals surface area (Å²) in [7, 11) is 0. The van der Waals surface area contributed by atoms with Crippen LogP contribution < -0.4 is 9.30 Å². The molecular formula is C56H34N4O. The van der Waals surface area contributed by atoms with E-state index in [0.29, 0.717) is 0 Å². The van der Waals surface area contributed by atoms with Crippen LogP contribution in [0, 0.1) is 6.33 Å². The highest BCUT2D eigenvalue weighted by Crippen LogP contribution is 2.43. The van der Waals surface area contributed by atoms with Crippen LogP contribution in [0.5, 0.6) is 11.5 Å². The minimum atomic E-state index is 0.733. The van der Waals surface area contributed by atoms with E-state index in [1.54, 1.807) is 0 Å². The van der Waals surface area contributed by atoms with Crippen molar-refractivity contribution in [2.24, 2.45) is 0 Å². The molecule has 0 spiro atoms. The third kappa shape index (κ3) is 5.14. The highest BCUT2D eigenvalue weighted by atomic mass is 16.5. The van der Waals surface area contributed by atoms with Crippen LogP contribution in [0.3, 0.4) is 0 Å². The smallest absolute Gasteiger partial charge is 0.269 e. The normalized spacial score (nSPS) is 11.9. The van der Waals surface area contributed by atoms with Gasteiger partial charge in [-0.2, -0.15) is 0 Å². The molecule has 61 heavy (non-hydrogen) atoms. The first kappa shape index (κ1) is 33.7. The topological polar surface area (TPSA) is 35.9 Å². The van der Waals surface area contributed by atoms with Crippen molar-refractivity contribution >= 4 is 86.8 Å². The van der Waals surface area contributed by atoms with Crippen molar-refractivity contribution in [2.75, 3.05) is 0 Å². The van der Waals surface area contributed by atoms with E-state index < -0.39 is 0 Å². The highest BCUT2D eigenvalue weighted by molar-refractivity contribution is 6.32. The Morgan fingerprint density at radius 2 is 1.07 bits per heavy atom. The number of aromatic nitrogens is 4. The Hall–Kier alpha value is -8.28. The number of benzene rings is 10. The maximum absolute atomic E-state index is 6.78. The summed E-state index contributed by atoms with van der Waals surface area (Å²) < 4.78 is 13.3. The molecule has 0 aliphatic carbocycles. The molecule has 0 fully saturated rings. The van der Waals surface area contributed by atoms with Crippen molar-refractivity contribution in [3.05, 3.63) is 213 Å². The van der Waals surface area contributed by atoms with E-state index in [9.17, 15) is 0 Å². The van der Waals surface area contributed by atoms with E-state index in [-0.39, 0.29) is 0 Å². The van der Waals surface area contributed by atoms with Crippen molar-refractivity contribution in [1.29, 1.82) is 0 Å². The minimum absolute atomic E-state index is 0.733. The molecule has 284 valence electrons. The Morgan fingerprint density at radius 3 is 1.92 bits per heavy atom. The molecule has 5 nitrogen and oxygen atoms in total. The van der Waals surface area contributed by atoms with Crippen LogP contribution in [0.1, 0.15) is 0 Å². The fraction of sp³-hybridized carbons (Fsp3) is 0. The van der Waals surface area contributed by atoms with Gasteiger partial charge in [0.1, 0.15) is 17.3 Å². The van der Waals surface area contributed by atoms with Crippen LogP contribution in [0.15, 0.2) is 206 Å². The van der Waals surface area contributed by atoms with Crippen LogP contribution in [0.4, 0.5) is 0 Å². The first-order valence-corrected chi connectivity index (χ1v) is 20.6. The second kappa shape index (κ2) is 13.1. The van der Waals surface area contributed by atoms with E-state index in [2.05, 4.69) is 208 Å². The van der Waals surface area contributed by atoms with Gasteiger partial charge in [-0.05, 0) is 93.0 Å². The summed E-state index contributed by atoms with van der Waals surface area (Å²) in [5.74, 6) is 2.36. The van der Waals surface area contributed by atoms with Gasteiger partial charge in [0.15, 0.2) is 0 Å². The van der Waals surface area contributed by atoms with Crippen molar-refractivity contribution < 1.29 is 9.30 Å². The minimum Gasteiger partial charge on any atom is -0.458 e. The van der Waals surface area contributed by atoms with Crippen molar-refractivity contribution in [3.63, 3.8) is 0 Å². The standard InChI is InChI=1S/C56H34N4O/c1-2-15-39(16-3-1)58-35-59(51-24-11-10-23-50(51)58)40-17-12-18-41(33-40)61-42-29-31-46-45-21-8-9-22-49(45)60(52(46)34-42)56-47-30-27-38-26-25-36-13-4-6-19-43(36)53(38)55(47)54-44-20-7-5-14-37(44)28-32-48(54)57-56/h1-34H. The molecule has 0 amide bonds. The lowest BCUT2D eigenvalue weighted by molar-refractivity contribution is -0.572. The van der Waals surface area contributed by atoms with Gasteiger partial charge in [0.05, 0.1) is 39.0 Å². The predicted molar refractivity (Wildman–Crippen MR) is 250 cm³/mol. The predicted octanol–water partition coefficient (Wildman–Crippen LogP) is 13.8. The number of para-hydroxylation sites is 4. The molecule has 0 saturated carbocycles. The van der Waals surface area contributed by atoms with Gasteiger partial charge in [0.25, 0.3) is 6.33 Å². The van der Waals surface area contributed by atoms with Gasteiger partial charge in [0, 0.05) is 33.0 Å². The molecule has 0 aliphatic rings. The number of hydrogen-bond acceptors (Lipinski definition) is 2. The van der Waals surface area contributed by atoms with E-state index in [0.717, 1.165) is 72.4 Å². The second-order valence-corrected chi connectivity index (χ2v) is 15.7. The summed E-state index contributed by atoms with van der Waals surface area (Å²) in [6.07, 6.45) is 3.60. The molecule has 5 heteroatoms. The zero-order chi connectivity index (χ0) is 40.0. The average Bonchev–Trinajstić information content (AvgIpc) is 3.87. The van der Waals surface area contributed by atoms with Crippen molar-refractivity contribution in [2.45, 2.75) is 0 Å². The lowest BCUT2D eigenvalue weighted by atomic mass is 9.92. The van der Waals surface area contributed by atoms with Gasteiger partial charge >= 0.3 is 0 Å². The van der Waals surface area contributed by atoms with Gasteiger partial charge in [-0.1, -0.05) is 140 Å². The van der Waals surface area contributed by atoms with Crippen LogP contribution in [0.25, 0.3) is 104 Å². The quantitative estimate of drug-likeness (QED) is 0.0991. The van der Waals surface area contributed by atoms with Crippen molar-refractivity contribution in [1.82, 2.24) is 14.1 Å². The summed E-state index contributed by atoms with van der Waals surface area (Å²) in [5, 5.41) is 13.1. The monoisotopic (exact) mass is 778 g/mol. The molecule has 13 aromatic rings. The van der Waals surface area contributed by atoms with E-state index in [4.69, 9.17) is 9.72 Å². The highest BCUT2D eigenvalue weighted by Gasteiger charge is 2.21. The molecule has 0 aliphatic heterocycles. The van der Waals surface area contributed by atoms with Gasteiger partial charge in [-0.15, -0.1) is 0 Å². The number of imidazole rings is 1. The van der Waals surface area contributed by atoms with E-state index >= 15 is 0 Å². The summed E-state index contributed by atoms with van der Waals surface area (Å²) in [6, 6.07) is 72.8. The first-order valence-electron chi connectivity index (χ1n) is 20.6. The van der Waals surface area contributed by atoms with E-state index in [1.165, 1.54) is 43.1 Å². The number of nitrogens with zero attached hydrogens (tertiary/aromatic N) is 4. The summed E-state index contributed by atoms with van der Waals surface area (Å²) >= 11 is 0. The SMILES string of the molecule is [c-]1n(-c2cccc(Oc3ccc4c5ccccc5n(-c5nc6ccc7ccccc7c6c6c5ccc5ccc7ccccc7c56)c4c3)c2)c2ccccc2[n+]1-c1ccccc1. The fourth-order valence-electron chi connectivity index (χ4n) is 9.59. The van der Waals surface area contributed by atoms with Crippen LogP contribution >= 0.6 is 0 Å². The zero-order valence-corrected chi connectivity index (χ0v) is 32.8. The molecule has 0 saturated heterocycles. The van der Waals surface area contributed by atoms with Crippen LogP contribution in [-0.2, 0) is 0 Å². The lowest BCUT2D eigenvalue weighted by Gasteiger charge is -2.17. The van der Waals surface area contributed by atoms with Gasteiger partial charge in [-0.3, -0.25) is 13.7 Å². The van der Waals surface area contributed by atoms with Crippen LogP contribution in [-0.4, -0.2) is 14.1 Å². The molecule has 3 aromatic heterocycles. The number of ether oxygens (including phenoxy) is 1. The second-order valence-electron chi connectivity index (χ2n) is 15.7. The van der Waals surface area contributed by atoms with Gasteiger partial charge in [-0.25, -0.2) is 4.98 Å². The lowest BCUT2D eigenvalue weighted by Crippen LogP contribution is -2.29. The third-order valence-electron chi connectivity index (χ3n) is 12.3.